The van der Waals surface area contributed by atoms with E-state index < -0.39 is 0 Å². The summed E-state index contributed by atoms with van der Waals surface area (Å²) in [4.78, 5) is 24.8. The van der Waals surface area contributed by atoms with Gasteiger partial charge in [0, 0.05) is 29.3 Å². The molecular formula is C20H19N3O2. The highest BCUT2D eigenvalue weighted by Crippen LogP contribution is 2.14. The first-order valence-corrected chi connectivity index (χ1v) is 8.14. The van der Waals surface area contributed by atoms with Crippen LogP contribution in [-0.2, 0) is 6.54 Å². The van der Waals surface area contributed by atoms with Crippen LogP contribution in [-0.4, -0.2) is 21.5 Å². The molecule has 5 heteroatoms. The third-order valence-electron chi connectivity index (χ3n) is 3.89. The number of aryl methyl sites for hydroxylation is 2. The number of hydrogen-bond acceptors (Lipinski definition) is 3. The lowest BCUT2D eigenvalue weighted by atomic mass is 10.0. The second kappa shape index (κ2) is 7.13. The summed E-state index contributed by atoms with van der Waals surface area (Å²) in [7, 11) is 0. The van der Waals surface area contributed by atoms with E-state index in [-0.39, 0.29) is 11.7 Å². The molecule has 0 atom stereocenters. The van der Waals surface area contributed by atoms with Gasteiger partial charge in [-0.05, 0) is 26.0 Å². The first-order valence-electron chi connectivity index (χ1n) is 8.14. The van der Waals surface area contributed by atoms with Crippen LogP contribution in [0.15, 0.2) is 60.7 Å². The number of carbonyl (C=O) groups is 2. The monoisotopic (exact) mass is 333 g/mol. The number of carbonyl (C=O) groups excluding carboxylic acids is 2. The highest BCUT2D eigenvalue weighted by atomic mass is 16.1. The summed E-state index contributed by atoms with van der Waals surface area (Å²) in [6, 6.07) is 17.6. The average Bonchev–Trinajstić information content (AvgIpc) is 3.01. The average molecular weight is 333 g/mol. The topological polar surface area (TPSA) is 64.0 Å². The van der Waals surface area contributed by atoms with E-state index in [0.717, 1.165) is 5.69 Å². The fourth-order valence-electron chi connectivity index (χ4n) is 2.60. The summed E-state index contributed by atoms with van der Waals surface area (Å²) in [5.41, 5.74) is 2.52. The Bertz CT molecular complexity index is 896. The van der Waals surface area contributed by atoms with Gasteiger partial charge in [0.2, 0.25) is 0 Å². The number of nitrogens with one attached hydrogen (secondary N) is 1. The molecule has 0 aliphatic carbocycles. The van der Waals surface area contributed by atoms with Gasteiger partial charge in [-0.1, -0.05) is 42.5 Å². The van der Waals surface area contributed by atoms with Gasteiger partial charge in [-0.3, -0.25) is 9.59 Å². The molecule has 0 aliphatic rings. The maximum absolute atomic E-state index is 12.4. The van der Waals surface area contributed by atoms with Crippen molar-refractivity contribution in [2.45, 2.75) is 20.4 Å². The summed E-state index contributed by atoms with van der Waals surface area (Å²) in [5, 5.41) is 7.16. The van der Waals surface area contributed by atoms with E-state index in [2.05, 4.69) is 10.4 Å². The van der Waals surface area contributed by atoms with E-state index in [4.69, 9.17) is 0 Å². The molecule has 25 heavy (non-hydrogen) atoms. The molecule has 1 heterocycles. The van der Waals surface area contributed by atoms with Gasteiger partial charge in [0.15, 0.2) is 5.78 Å². The number of hydrogen-bond donors (Lipinski definition) is 1. The van der Waals surface area contributed by atoms with Crippen LogP contribution in [0.5, 0.6) is 0 Å². The Morgan fingerprint density at radius 1 is 0.960 bits per heavy atom. The Labute approximate surface area is 146 Å². The van der Waals surface area contributed by atoms with Crippen LogP contribution >= 0.6 is 0 Å². The van der Waals surface area contributed by atoms with Gasteiger partial charge < -0.3 is 5.32 Å². The summed E-state index contributed by atoms with van der Waals surface area (Å²) in [5.74, 6) is 0.370. The third kappa shape index (κ3) is 3.66. The number of amides is 1. The van der Waals surface area contributed by atoms with Gasteiger partial charge in [-0.15, -0.1) is 0 Å². The second-order valence-corrected chi connectivity index (χ2v) is 5.71. The van der Waals surface area contributed by atoms with E-state index in [9.17, 15) is 9.59 Å². The van der Waals surface area contributed by atoms with Crippen LogP contribution in [0.4, 0.5) is 5.82 Å². The minimum Gasteiger partial charge on any atom is -0.307 e. The summed E-state index contributed by atoms with van der Waals surface area (Å²) in [6.45, 7) is 4.52. The molecular weight excluding hydrogens is 314 g/mol. The summed E-state index contributed by atoms with van der Waals surface area (Å²) >= 11 is 0. The standard InChI is InChI=1S/C20H19N3O2/c1-3-23-18(13-14(2)22-23)21-20(25)17-11-9-16(10-12-17)19(24)15-7-5-4-6-8-15/h4-13H,3H2,1-2H3,(H,21,25). The van der Waals surface area contributed by atoms with Crippen molar-refractivity contribution >= 4 is 17.5 Å². The largest absolute Gasteiger partial charge is 0.307 e. The SMILES string of the molecule is CCn1nc(C)cc1NC(=O)c1ccc(C(=O)c2ccccc2)cc1. The predicted molar refractivity (Wildman–Crippen MR) is 96.9 cm³/mol. The Morgan fingerprint density at radius 2 is 1.56 bits per heavy atom. The van der Waals surface area contributed by atoms with Crippen molar-refractivity contribution in [2.24, 2.45) is 0 Å². The highest BCUT2D eigenvalue weighted by Gasteiger charge is 2.12. The van der Waals surface area contributed by atoms with Gasteiger partial charge in [0.1, 0.15) is 5.82 Å². The van der Waals surface area contributed by atoms with Crippen LogP contribution in [0.3, 0.4) is 0 Å². The molecule has 1 N–H and O–H groups in total. The molecule has 2 aromatic carbocycles. The predicted octanol–water partition coefficient (Wildman–Crippen LogP) is 3.69. The van der Waals surface area contributed by atoms with Crippen molar-refractivity contribution in [1.29, 1.82) is 0 Å². The van der Waals surface area contributed by atoms with Gasteiger partial charge in [-0.25, -0.2) is 4.68 Å². The first-order chi connectivity index (χ1) is 12.1. The fraction of sp³-hybridized carbons (Fsp3) is 0.150. The first kappa shape index (κ1) is 16.6. The minimum absolute atomic E-state index is 0.0627. The van der Waals surface area contributed by atoms with Crippen molar-refractivity contribution in [3.63, 3.8) is 0 Å². The number of anilines is 1. The number of nitrogens with zero attached hydrogens (tertiary/aromatic N) is 2. The smallest absolute Gasteiger partial charge is 0.256 e. The van der Waals surface area contributed by atoms with Crippen LogP contribution < -0.4 is 5.32 Å². The van der Waals surface area contributed by atoms with E-state index in [1.54, 1.807) is 41.1 Å². The normalized spacial score (nSPS) is 10.5. The lowest BCUT2D eigenvalue weighted by Crippen LogP contribution is -2.15. The molecule has 0 saturated heterocycles. The molecule has 5 nitrogen and oxygen atoms in total. The van der Waals surface area contributed by atoms with Crippen molar-refractivity contribution in [3.8, 4) is 0 Å². The highest BCUT2D eigenvalue weighted by molar-refractivity contribution is 6.10. The zero-order chi connectivity index (χ0) is 17.8. The van der Waals surface area contributed by atoms with Crippen LogP contribution in [0, 0.1) is 6.92 Å². The zero-order valence-corrected chi connectivity index (χ0v) is 14.2. The Kier molecular flexibility index (Phi) is 4.75. The third-order valence-corrected chi connectivity index (χ3v) is 3.89. The van der Waals surface area contributed by atoms with Crippen LogP contribution in [0.2, 0.25) is 0 Å². The molecule has 0 radical (unpaired) electrons. The minimum atomic E-state index is -0.228. The maximum atomic E-state index is 12.4. The van der Waals surface area contributed by atoms with E-state index in [1.165, 1.54) is 0 Å². The summed E-state index contributed by atoms with van der Waals surface area (Å²) < 4.78 is 1.74. The molecule has 1 amide bonds. The van der Waals surface area contributed by atoms with Crippen molar-refractivity contribution in [2.75, 3.05) is 5.32 Å². The lowest BCUT2D eigenvalue weighted by Gasteiger charge is -2.07. The lowest BCUT2D eigenvalue weighted by molar-refractivity contribution is 0.101. The number of aromatic nitrogens is 2. The molecule has 0 spiro atoms. The Morgan fingerprint density at radius 3 is 2.20 bits per heavy atom. The van der Waals surface area contributed by atoms with Crippen molar-refractivity contribution < 1.29 is 9.59 Å². The Hall–Kier alpha value is -3.21. The molecule has 0 aliphatic heterocycles. The molecule has 0 unspecified atom stereocenters. The molecule has 1 aromatic heterocycles. The van der Waals surface area contributed by atoms with E-state index in [1.807, 2.05) is 38.1 Å². The zero-order valence-electron chi connectivity index (χ0n) is 14.2. The number of rotatable bonds is 5. The van der Waals surface area contributed by atoms with Crippen LogP contribution in [0.1, 0.15) is 38.9 Å². The van der Waals surface area contributed by atoms with E-state index in [0.29, 0.717) is 29.1 Å². The van der Waals surface area contributed by atoms with Crippen molar-refractivity contribution in [1.82, 2.24) is 9.78 Å². The maximum Gasteiger partial charge on any atom is 0.256 e. The second-order valence-electron chi connectivity index (χ2n) is 5.71. The fourth-order valence-corrected chi connectivity index (χ4v) is 2.60. The van der Waals surface area contributed by atoms with Crippen LogP contribution in [0.25, 0.3) is 0 Å². The molecule has 0 saturated carbocycles. The van der Waals surface area contributed by atoms with E-state index >= 15 is 0 Å². The van der Waals surface area contributed by atoms with Gasteiger partial charge in [0.05, 0.1) is 5.69 Å². The molecule has 3 rings (SSSR count). The summed E-state index contributed by atoms with van der Waals surface area (Å²) in [6.07, 6.45) is 0. The Balaban J connectivity index is 1.75. The quantitative estimate of drug-likeness (QED) is 0.724. The van der Waals surface area contributed by atoms with Gasteiger partial charge in [0.25, 0.3) is 5.91 Å². The number of ketones is 1. The number of benzene rings is 2. The molecule has 126 valence electrons. The molecule has 3 aromatic rings. The molecule has 0 bridgehead atoms. The van der Waals surface area contributed by atoms with Gasteiger partial charge >= 0.3 is 0 Å². The van der Waals surface area contributed by atoms with Crippen molar-refractivity contribution in [3.05, 3.63) is 83.0 Å². The molecule has 0 fully saturated rings. The van der Waals surface area contributed by atoms with Gasteiger partial charge in [-0.2, -0.15) is 5.10 Å².